The molecule has 1 amide bonds. The molecule has 3 heteroatoms. The molecule has 0 spiro atoms. The summed E-state index contributed by atoms with van der Waals surface area (Å²) in [6, 6.07) is 0. The second kappa shape index (κ2) is 5.89. The molecule has 140 valence electrons. The van der Waals surface area contributed by atoms with Gasteiger partial charge in [-0.15, -0.1) is 0 Å². The van der Waals surface area contributed by atoms with E-state index in [0.717, 1.165) is 67.9 Å². The minimum atomic E-state index is -0.249. The van der Waals surface area contributed by atoms with Crippen LogP contribution < -0.4 is 0 Å². The zero-order valence-electron chi connectivity index (χ0n) is 16.1. The van der Waals surface area contributed by atoms with Crippen LogP contribution in [0.3, 0.4) is 0 Å². The average Bonchev–Trinajstić information content (AvgIpc) is 3.40. The largest absolute Gasteiger partial charge is 0.443 e. The number of carbonyl (C=O) groups is 1. The normalized spacial score (nSPS) is 47.0. The van der Waals surface area contributed by atoms with E-state index in [1.54, 1.807) is 0 Å². The molecule has 1 heterocycles. The van der Waals surface area contributed by atoms with Crippen molar-refractivity contribution in [2.45, 2.75) is 77.2 Å². The number of piperidine rings is 1. The maximum atomic E-state index is 12.8. The lowest BCUT2D eigenvalue weighted by atomic mass is 9.63. The van der Waals surface area contributed by atoms with Crippen LogP contribution in [-0.2, 0) is 4.74 Å². The standard InChI is InChI=1S/C22H35NO2/c1-3-22(2,25-21(24)23-9-5-4-6-10-23)18-13-16-12-17(18)20-15-8-7-14(11-15)19(16)20/h14-20H,3-13H2,1-2H3. The van der Waals surface area contributed by atoms with Gasteiger partial charge in [-0.3, -0.25) is 0 Å². The summed E-state index contributed by atoms with van der Waals surface area (Å²) in [5.74, 6) is 6.46. The lowest BCUT2D eigenvalue weighted by Gasteiger charge is -2.46. The van der Waals surface area contributed by atoms with Crippen LogP contribution in [0.5, 0.6) is 0 Å². The molecule has 5 aliphatic rings. The fourth-order valence-electron chi connectivity index (χ4n) is 8.02. The summed E-state index contributed by atoms with van der Waals surface area (Å²) >= 11 is 0. The third kappa shape index (κ3) is 2.40. The monoisotopic (exact) mass is 345 g/mol. The number of hydrogen-bond donors (Lipinski definition) is 0. The number of nitrogens with zero attached hydrogens (tertiary/aromatic N) is 1. The zero-order chi connectivity index (χ0) is 17.2. The second-order valence-electron chi connectivity index (χ2n) is 10.1. The Kier molecular flexibility index (Phi) is 3.87. The van der Waals surface area contributed by atoms with E-state index < -0.39 is 0 Å². The van der Waals surface area contributed by atoms with Gasteiger partial charge in [0.2, 0.25) is 0 Å². The molecule has 4 bridgehead atoms. The van der Waals surface area contributed by atoms with Gasteiger partial charge in [-0.1, -0.05) is 6.92 Å². The predicted molar refractivity (Wildman–Crippen MR) is 98.1 cm³/mol. The van der Waals surface area contributed by atoms with Gasteiger partial charge in [0.05, 0.1) is 0 Å². The molecule has 0 aromatic heterocycles. The minimum Gasteiger partial charge on any atom is -0.443 e. The van der Waals surface area contributed by atoms with Gasteiger partial charge < -0.3 is 9.64 Å². The number of hydrogen-bond acceptors (Lipinski definition) is 2. The van der Waals surface area contributed by atoms with Crippen LogP contribution in [0, 0.1) is 41.4 Å². The molecule has 1 aliphatic heterocycles. The molecule has 8 unspecified atom stereocenters. The molecule has 0 radical (unpaired) electrons. The van der Waals surface area contributed by atoms with Crippen LogP contribution in [0.1, 0.15) is 71.6 Å². The van der Waals surface area contributed by atoms with Crippen molar-refractivity contribution in [1.29, 1.82) is 0 Å². The highest BCUT2D eigenvalue weighted by atomic mass is 16.6. The molecule has 4 saturated carbocycles. The summed E-state index contributed by atoms with van der Waals surface area (Å²) in [5.41, 5.74) is -0.249. The van der Waals surface area contributed by atoms with Crippen molar-refractivity contribution in [3.63, 3.8) is 0 Å². The highest BCUT2D eigenvalue weighted by Crippen LogP contribution is 2.70. The quantitative estimate of drug-likeness (QED) is 0.666. The van der Waals surface area contributed by atoms with Crippen LogP contribution in [0.25, 0.3) is 0 Å². The van der Waals surface area contributed by atoms with Crippen LogP contribution in [-0.4, -0.2) is 29.7 Å². The molecule has 0 N–H and O–H groups in total. The molecular weight excluding hydrogens is 310 g/mol. The molecule has 1 saturated heterocycles. The summed E-state index contributed by atoms with van der Waals surface area (Å²) in [6.45, 7) is 6.27. The van der Waals surface area contributed by atoms with Gasteiger partial charge in [0.15, 0.2) is 0 Å². The van der Waals surface area contributed by atoms with E-state index >= 15 is 0 Å². The third-order valence-electron chi connectivity index (χ3n) is 9.16. The van der Waals surface area contributed by atoms with Crippen molar-refractivity contribution in [2.75, 3.05) is 13.1 Å². The van der Waals surface area contributed by atoms with Gasteiger partial charge in [-0.25, -0.2) is 4.79 Å². The molecule has 0 aromatic rings. The van der Waals surface area contributed by atoms with Crippen molar-refractivity contribution in [2.24, 2.45) is 41.4 Å². The zero-order valence-corrected chi connectivity index (χ0v) is 16.1. The van der Waals surface area contributed by atoms with Crippen LogP contribution >= 0.6 is 0 Å². The Morgan fingerprint density at radius 2 is 1.72 bits per heavy atom. The summed E-state index contributed by atoms with van der Waals surface area (Å²) in [5, 5.41) is 0. The first-order valence-corrected chi connectivity index (χ1v) is 11.1. The van der Waals surface area contributed by atoms with E-state index in [1.807, 2.05) is 4.90 Å². The fraction of sp³-hybridized carbons (Fsp3) is 0.955. The van der Waals surface area contributed by atoms with Crippen LogP contribution in [0.4, 0.5) is 4.79 Å². The van der Waals surface area contributed by atoms with Gasteiger partial charge in [-0.2, -0.15) is 0 Å². The highest BCUT2D eigenvalue weighted by molar-refractivity contribution is 5.68. The summed E-state index contributed by atoms with van der Waals surface area (Å²) in [4.78, 5) is 14.8. The summed E-state index contributed by atoms with van der Waals surface area (Å²) in [6.07, 6.45) is 11.7. The molecule has 0 aromatic carbocycles. The van der Waals surface area contributed by atoms with Gasteiger partial charge in [0.25, 0.3) is 0 Å². The first-order chi connectivity index (χ1) is 12.1. The summed E-state index contributed by atoms with van der Waals surface area (Å²) in [7, 11) is 0. The Balaban J connectivity index is 1.32. The molecule has 5 fully saturated rings. The van der Waals surface area contributed by atoms with Crippen molar-refractivity contribution in [3.8, 4) is 0 Å². The van der Waals surface area contributed by atoms with Crippen molar-refractivity contribution in [1.82, 2.24) is 4.90 Å². The molecule has 3 nitrogen and oxygen atoms in total. The van der Waals surface area contributed by atoms with E-state index in [0.29, 0.717) is 5.92 Å². The van der Waals surface area contributed by atoms with E-state index in [9.17, 15) is 4.79 Å². The maximum absolute atomic E-state index is 12.8. The summed E-state index contributed by atoms with van der Waals surface area (Å²) < 4.78 is 6.28. The van der Waals surface area contributed by atoms with E-state index in [2.05, 4.69) is 13.8 Å². The molecular formula is C22H35NO2. The van der Waals surface area contributed by atoms with E-state index in [1.165, 1.54) is 38.5 Å². The van der Waals surface area contributed by atoms with Crippen molar-refractivity contribution in [3.05, 3.63) is 0 Å². The average molecular weight is 346 g/mol. The van der Waals surface area contributed by atoms with Gasteiger partial charge in [0, 0.05) is 19.0 Å². The Labute approximate surface area is 152 Å². The predicted octanol–water partition coefficient (Wildman–Crippen LogP) is 5.10. The van der Waals surface area contributed by atoms with E-state index in [-0.39, 0.29) is 11.7 Å². The van der Waals surface area contributed by atoms with Gasteiger partial charge in [0.1, 0.15) is 5.60 Å². The SMILES string of the molecule is CCC(C)(OC(=O)N1CCCCC1)C1CC2CC1C1C3CCC(C3)C21. The Morgan fingerprint density at radius 3 is 2.44 bits per heavy atom. The fourth-order valence-corrected chi connectivity index (χ4v) is 8.02. The molecule has 5 rings (SSSR count). The van der Waals surface area contributed by atoms with E-state index in [4.69, 9.17) is 4.74 Å². The number of ether oxygens (including phenoxy) is 1. The number of rotatable bonds is 3. The third-order valence-corrected chi connectivity index (χ3v) is 9.16. The van der Waals surface area contributed by atoms with Crippen LogP contribution in [0.15, 0.2) is 0 Å². The van der Waals surface area contributed by atoms with Crippen LogP contribution in [0.2, 0.25) is 0 Å². The maximum Gasteiger partial charge on any atom is 0.410 e. The smallest absolute Gasteiger partial charge is 0.410 e. The second-order valence-corrected chi connectivity index (χ2v) is 10.1. The topological polar surface area (TPSA) is 29.5 Å². The first-order valence-electron chi connectivity index (χ1n) is 11.1. The lowest BCUT2D eigenvalue weighted by Crippen LogP contribution is -2.49. The highest BCUT2D eigenvalue weighted by Gasteiger charge is 2.65. The van der Waals surface area contributed by atoms with Crippen molar-refractivity contribution >= 4 is 6.09 Å². The number of carbonyl (C=O) groups excluding carboxylic acids is 1. The molecule has 4 aliphatic carbocycles. The van der Waals surface area contributed by atoms with Gasteiger partial charge in [-0.05, 0) is 100 Å². The number of fused-ring (bicyclic) bond motifs is 9. The Morgan fingerprint density at radius 1 is 1.00 bits per heavy atom. The number of amides is 1. The Bertz CT molecular complexity index is 542. The molecule has 25 heavy (non-hydrogen) atoms. The molecule has 8 atom stereocenters. The lowest BCUT2D eigenvalue weighted by molar-refractivity contribution is -0.0754. The number of likely N-dealkylation sites (tertiary alicyclic amines) is 1. The Hall–Kier alpha value is -0.730. The minimum absolute atomic E-state index is 0.0312. The van der Waals surface area contributed by atoms with Gasteiger partial charge >= 0.3 is 6.09 Å². The first kappa shape index (κ1) is 16.4. The van der Waals surface area contributed by atoms with Crippen molar-refractivity contribution < 1.29 is 9.53 Å².